The molecule has 0 amide bonds. The summed E-state index contributed by atoms with van der Waals surface area (Å²) in [7, 11) is 0. The molecule has 0 saturated carbocycles. The van der Waals surface area contributed by atoms with Gasteiger partial charge in [0.2, 0.25) is 0 Å². The smallest absolute Gasteiger partial charge is 0.126 e. The third-order valence-electron chi connectivity index (χ3n) is 3.25. The zero-order chi connectivity index (χ0) is 12.5. The van der Waals surface area contributed by atoms with Crippen molar-refractivity contribution < 1.29 is 9.84 Å². The number of hydrogen-bond donors (Lipinski definition) is 1. The normalized spacial score (nSPS) is 15.7. The van der Waals surface area contributed by atoms with Gasteiger partial charge in [-0.2, -0.15) is 0 Å². The first kappa shape index (κ1) is 11.2. The van der Waals surface area contributed by atoms with Gasteiger partial charge in [0.15, 0.2) is 0 Å². The van der Waals surface area contributed by atoms with E-state index >= 15 is 0 Å². The predicted molar refractivity (Wildman–Crippen MR) is 71.6 cm³/mol. The van der Waals surface area contributed by atoms with Crippen LogP contribution in [0.1, 0.15) is 17.7 Å². The van der Waals surface area contributed by atoms with Gasteiger partial charge in [-0.25, -0.2) is 0 Å². The fourth-order valence-electron chi connectivity index (χ4n) is 2.33. The van der Waals surface area contributed by atoms with E-state index in [0.717, 1.165) is 35.2 Å². The molecule has 0 spiro atoms. The lowest BCUT2D eigenvalue weighted by atomic mass is 9.99. The van der Waals surface area contributed by atoms with Crippen LogP contribution in [0.5, 0.6) is 5.75 Å². The van der Waals surface area contributed by atoms with E-state index in [9.17, 15) is 5.11 Å². The molecule has 0 aliphatic carbocycles. The van der Waals surface area contributed by atoms with Gasteiger partial charge in [-0.15, -0.1) is 0 Å². The van der Waals surface area contributed by atoms with Gasteiger partial charge in [0, 0.05) is 17.1 Å². The van der Waals surface area contributed by atoms with Crippen molar-refractivity contribution in [3.63, 3.8) is 0 Å². The Balaban J connectivity index is 2.13. The molecule has 3 nitrogen and oxygen atoms in total. The van der Waals surface area contributed by atoms with Gasteiger partial charge in [0.25, 0.3) is 0 Å². The predicted octanol–water partition coefficient (Wildman–Crippen LogP) is 3.05. The lowest BCUT2D eigenvalue weighted by molar-refractivity contribution is 0.161. The minimum atomic E-state index is 0.298. The van der Waals surface area contributed by atoms with Crippen molar-refractivity contribution in [1.82, 2.24) is 4.98 Å². The Bertz CT molecular complexity index is 632. The molecule has 1 aliphatic rings. The Kier molecular flexibility index (Phi) is 2.76. The van der Waals surface area contributed by atoms with Crippen LogP contribution in [0.3, 0.4) is 0 Å². The molecule has 3 rings (SSSR count). The number of hydrogen-bond acceptors (Lipinski definition) is 3. The highest BCUT2D eigenvalue weighted by Gasteiger charge is 2.09. The molecule has 2 aromatic rings. The van der Waals surface area contributed by atoms with Crippen LogP contribution in [-0.4, -0.2) is 23.3 Å². The van der Waals surface area contributed by atoms with E-state index in [1.54, 1.807) is 6.07 Å². The molecule has 1 N–H and O–H groups in total. The second kappa shape index (κ2) is 4.42. The number of aromatic hydroxyl groups is 1. The Morgan fingerprint density at radius 3 is 2.94 bits per heavy atom. The number of nitrogens with zero attached hydrogens (tertiary/aromatic N) is 1. The molecular formula is C15H15NO2. The van der Waals surface area contributed by atoms with E-state index in [0.29, 0.717) is 12.4 Å². The van der Waals surface area contributed by atoms with Crippen molar-refractivity contribution >= 4 is 16.5 Å². The Hall–Kier alpha value is -1.87. The zero-order valence-electron chi connectivity index (χ0n) is 10.3. The maximum Gasteiger partial charge on any atom is 0.126 e. The summed E-state index contributed by atoms with van der Waals surface area (Å²) in [5.41, 5.74) is 4.09. The van der Waals surface area contributed by atoms with E-state index < -0.39 is 0 Å². The first-order chi connectivity index (χ1) is 8.74. The molecule has 0 atom stereocenters. The third kappa shape index (κ3) is 1.97. The summed E-state index contributed by atoms with van der Waals surface area (Å²) in [4.78, 5) is 4.42. The van der Waals surface area contributed by atoms with E-state index in [1.165, 1.54) is 5.57 Å². The average molecular weight is 241 g/mol. The largest absolute Gasteiger partial charge is 0.507 e. The minimum absolute atomic E-state index is 0.298. The molecule has 1 aromatic heterocycles. The van der Waals surface area contributed by atoms with Crippen molar-refractivity contribution in [2.45, 2.75) is 13.3 Å². The number of rotatable bonds is 1. The first-order valence-corrected chi connectivity index (χ1v) is 6.11. The zero-order valence-corrected chi connectivity index (χ0v) is 10.3. The van der Waals surface area contributed by atoms with Crippen molar-refractivity contribution in [2.24, 2.45) is 0 Å². The summed E-state index contributed by atoms with van der Waals surface area (Å²) in [5.74, 6) is 0.298. The van der Waals surface area contributed by atoms with Gasteiger partial charge in [-0.05, 0) is 36.6 Å². The molecule has 3 heteroatoms. The van der Waals surface area contributed by atoms with Crippen LogP contribution in [0, 0.1) is 6.92 Å². The van der Waals surface area contributed by atoms with E-state index in [1.807, 2.05) is 19.1 Å². The average Bonchev–Trinajstić information content (AvgIpc) is 2.39. The van der Waals surface area contributed by atoms with Gasteiger partial charge in [0.05, 0.1) is 18.7 Å². The summed E-state index contributed by atoms with van der Waals surface area (Å²) in [6, 6.07) is 7.73. The Labute approximate surface area is 106 Å². The highest BCUT2D eigenvalue weighted by Crippen LogP contribution is 2.29. The molecule has 0 unspecified atom stereocenters. The first-order valence-electron chi connectivity index (χ1n) is 6.11. The molecule has 2 heterocycles. The number of aromatic nitrogens is 1. The number of aryl methyl sites for hydroxylation is 1. The van der Waals surface area contributed by atoms with Crippen molar-refractivity contribution in [3.8, 4) is 5.75 Å². The molecule has 0 saturated heterocycles. The fourth-order valence-corrected chi connectivity index (χ4v) is 2.33. The number of fused-ring (bicyclic) bond motifs is 1. The molecule has 0 radical (unpaired) electrons. The van der Waals surface area contributed by atoms with E-state index in [4.69, 9.17) is 4.74 Å². The number of ether oxygens (including phenoxy) is 1. The van der Waals surface area contributed by atoms with Gasteiger partial charge in [-0.1, -0.05) is 12.1 Å². The lowest BCUT2D eigenvalue weighted by Crippen LogP contribution is -2.03. The van der Waals surface area contributed by atoms with Crippen LogP contribution in [0.4, 0.5) is 0 Å². The highest BCUT2D eigenvalue weighted by molar-refractivity contribution is 5.88. The lowest BCUT2D eigenvalue weighted by Gasteiger charge is -2.14. The molecule has 0 bridgehead atoms. The Morgan fingerprint density at radius 1 is 1.28 bits per heavy atom. The SMILES string of the molecule is Cc1cc(O)c2cc(C3=CCOCC3)ccc2n1. The molecule has 1 aliphatic heterocycles. The summed E-state index contributed by atoms with van der Waals surface area (Å²) >= 11 is 0. The van der Waals surface area contributed by atoms with Crippen molar-refractivity contribution in [2.75, 3.05) is 13.2 Å². The van der Waals surface area contributed by atoms with Crippen molar-refractivity contribution in [3.05, 3.63) is 41.6 Å². The molecular weight excluding hydrogens is 226 g/mol. The molecule has 18 heavy (non-hydrogen) atoms. The summed E-state index contributed by atoms with van der Waals surface area (Å²) in [6.45, 7) is 3.32. The van der Waals surface area contributed by atoms with Crippen LogP contribution in [0.15, 0.2) is 30.3 Å². The standard InChI is InChI=1S/C15H15NO2/c1-10-8-15(17)13-9-12(2-3-14(13)16-10)11-4-6-18-7-5-11/h2-4,8-9H,5-7H2,1H3,(H,16,17). The third-order valence-corrected chi connectivity index (χ3v) is 3.25. The van der Waals surface area contributed by atoms with E-state index in [2.05, 4.69) is 17.1 Å². The van der Waals surface area contributed by atoms with Gasteiger partial charge < -0.3 is 9.84 Å². The summed E-state index contributed by atoms with van der Waals surface area (Å²) < 4.78 is 5.31. The topological polar surface area (TPSA) is 42.4 Å². The molecule has 0 fully saturated rings. The summed E-state index contributed by atoms with van der Waals surface area (Å²) in [5, 5.41) is 10.8. The fraction of sp³-hybridized carbons (Fsp3) is 0.267. The monoisotopic (exact) mass is 241 g/mol. The molecule has 1 aromatic carbocycles. The van der Waals surface area contributed by atoms with Crippen LogP contribution in [0.25, 0.3) is 16.5 Å². The van der Waals surface area contributed by atoms with Gasteiger partial charge in [-0.3, -0.25) is 4.98 Å². The second-order valence-corrected chi connectivity index (χ2v) is 4.57. The van der Waals surface area contributed by atoms with Gasteiger partial charge >= 0.3 is 0 Å². The second-order valence-electron chi connectivity index (χ2n) is 4.57. The van der Waals surface area contributed by atoms with Crippen LogP contribution < -0.4 is 0 Å². The maximum absolute atomic E-state index is 9.99. The van der Waals surface area contributed by atoms with Gasteiger partial charge in [0.1, 0.15) is 5.75 Å². The van der Waals surface area contributed by atoms with Crippen molar-refractivity contribution in [1.29, 1.82) is 0 Å². The van der Waals surface area contributed by atoms with Crippen LogP contribution in [0.2, 0.25) is 0 Å². The van der Waals surface area contributed by atoms with E-state index in [-0.39, 0.29) is 0 Å². The maximum atomic E-state index is 9.99. The van der Waals surface area contributed by atoms with Crippen LogP contribution in [-0.2, 0) is 4.74 Å². The highest BCUT2D eigenvalue weighted by atomic mass is 16.5. The van der Waals surface area contributed by atoms with Crippen LogP contribution >= 0.6 is 0 Å². The quantitative estimate of drug-likeness (QED) is 0.834. The summed E-state index contributed by atoms with van der Waals surface area (Å²) in [6.07, 6.45) is 3.02. The minimum Gasteiger partial charge on any atom is -0.507 e. The Morgan fingerprint density at radius 2 is 2.17 bits per heavy atom. The number of pyridine rings is 1. The molecule has 92 valence electrons. The number of benzene rings is 1.